The van der Waals surface area contributed by atoms with Gasteiger partial charge in [-0.2, -0.15) is 11.8 Å². The Balaban J connectivity index is 2.09. The second-order valence-corrected chi connectivity index (χ2v) is 5.88. The van der Waals surface area contributed by atoms with Crippen LogP contribution in [-0.2, 0) is 16.1 Å². The molecule has 1 saturated heterocycles. The molecular weight excluding hydrogens is 278 g/mol. The number of carbonyl (C=O) groups excluding carboxylic acids is 1. The summed E-state index contributed by atoms with van der Waals surface area (Å²) in [7, 11) is 1.61. The quantitative estimate of drug-likeness (QED) is 0.861. The molecule has 1 aromatic rings. The monoisotopic (exact) mass is 295 g/mol. The number of benzene rings is 1. The van der Waals surface area contributed by atoms with Crippen molar-refractivity contribution in [2.75, 3.05) is 18.6 Å². The van der Waals surface area contributed by atoms with Gasteiger partial charge in [-0.25, -0.2) is 4.79 Å². The van der Waals surface area contributed by atoms with Crippen LogP contribution in [0, 0.1) is 0 Å². The fraction of sp³-hybridized carbons (Fsp3) is 0.429. The fourth-order valence-corrected chi connectivity index (χ4v) is 3.42. The van der Waals surface area contributed by atoms with Gasteiger partial charge in [-0.05, 0) is 29.9 Å². The zero-order valence-corrected chi connectivity index (χ0v) is 12.0. The minimum atomic E-state index is -1.13. The van der Waals surface area contributed by atoms with E-state index < -0.39 is 11.5 Å². The summed E-state index contributed by atoms with van der Waals surface area (Å²) in [6, 6.07) is 6.97. The Morgan fingerprint density at radius 1 is 1.40 bits per heavy atom. The standard InChI is InChI=1S/C14H17NO4S/c1-19-8-10-2-4-11(5-3-10)12(16)15-14(13(17)18)6-7-20-9-14/h2-5H,6-9H2,1H3,(H,15,16)(H,17,18). The lowest BCUT2D eigenvalue weighted by atomic mass is 9.98. The molecule has 2 rings (SSSR count). The number of amides is 1. The first-order chi connectivity index (χ1) is 9.57. The first-order valence-electron chi connectivity index (χ1n) is 6.29. The first kappa shape index (κ1) is 14.9. The largest absolute Gasteiger partial charge is 0.479 e. The summed E-state index contributed by atoms with van der Waals surface area (Å²) in [4.78, 5) is 23.5. The minimum Gasteiger partial charge on any atom is -0.479 e. The molecule has 1 unspecified atom stereocenters. The number of methoxy groups -OCH3 is 1. The predicted molar refractivity (Wildman–Crippen MR) is 76.9 cm³/mol. The molecule has 1 aliphatic rings. The van der Waals surface area contributed by atoms with Crippen LogP contribution < -0.4 is 5.32 Å². The van der Waals surface area contributed by atoms with Crippen molar-refractivity contribution < 1.29 is 19.4 Å². The number of carbonyl (C=O) groups is 2. The number of thioether (sulfide) groups is 1. The molecule has 1 aromatic carbocycles. The molecule has 2 N–H and O–H groups in total. The van der Waals surface area contributed by atoms with E-state index in [-0.39, 0.29) is 5.91 Å². The maximum absolute atomic E-state index is 12.2. The van der Waals surface area contributed by atoms with Crippen LogP contribution in [0.3, 0.4) is 0 Å². The average molecular weight is 295 g/mol. The predicted octanol–water partition coefficient (Wildman–Crippen LogP) is 1.52. The molecule has 0 bridgehead atoms. The normalized spacial score (nSPS) is 21.6. The maximum Gasteiger partial charge on any atom is 0.330 e. The van der Waals surface area contributed by atoms with Crippen molar-refractivity contribution in [3.05, 3.63) is 35.4 Å². The maximum atomic E-state index is 12.2. The molecule has 0 aromatic heterocycles. The van der Waals surface area contributed by atoms with E-state index in [9.17, 15) is 14.7 Å². The Morgan fingerprint density at radius 2 is 2.10 bits per heavy atom. The number of hydrogen-bond donors (Lipinski definition) is 2. The van der Waals surface area contributed by atoms with E-state index in [1.165, 1.54) is 0 Å². The van der Waals surface area contributed by atoms with E-state index >= 15 is 0 Å². The van der Waals surface area contributed by atoms with Crippen LogP contribution in [0.1, 0.15) is 22.3 Å². The summed E-state index contributed by atoms with van der Waals surface area (Å²) in [5.41, 5.74) is 0.295. The van der Waals surface area contributed by atoms with Crippen molar-refractivity contribution >= 4 is 23.6 Å². The highest BCUT2D eigenvalue weighted by Crippen LogP contribution is 2.28. The van der Waals surface area contributed by atoms with Gasteiger partial charge in [0.15, 0.2) is 0 Å². The first-order valence-corrected chi connectivity index (χ1v) is 7.44. The van der Waals surface area contributed by atoms with Crippen LogP contribution >= 0.6 is 11.8 Å². The SMILES string of the molecule is COCc1ccc(C(=O)NC2(C(=O)O)CCSC2)cc1. The topological polar surface area (TPSA) is 75.6 Å². The molecule has 1 atom stereocenters. The van der Waals surface area contributed by atoms with Gasteiger partial charge in [0.25, 0.3) is 5.91 Å². The molecule has 20 heavy (non-hydrogen) atoms. The fourth-order valence-electron chi connectivity index (χ4n) is 2.09. The van der Waals surface area contributed by atoms with Gasteiger partial charge in [-0.1, -0.05) is 12.1 Å². The van der Waals surface area contributed by atoms with E-state index in [1.807, 2.05) is 0 Å². The number of nitrogens with one attached hydrogen (secondary N) is 1. The third-order valence-corrected chi connectivity index (χ3v) is 4.50. The number of carboxylic acids is 1. The molecular formula is C14H17NO4S. The van der Waals surface area contributed by atoms with Crippen molar-refractivity contribution in [3.63, 3.8) is 0 Å². The Bertz CT molecular complexity index is 494. The van der Waals surface area contributed by atoms with Gasteiger partial charge in [0.2, 0.25) is 0 Å². The van der Waals surface area contributed by atoms with E-state index in [2.05, 4.69) is 5.32 Å². The number of carboxylic acid groups (broad SMARTS) is 1. The molecule has 0 radical (unpaired) electrons. The zero-order chi connectivity index (χ0) is 14.6. The van der Waals surface area contributed by atoms with Crippen LogP contribution in [0.15, 0.2) is 24.3 Å². The molecule has 1 heterocycles. The summed E-state index contributed by atoms with van der Waals surface area (Å²) < 4.78 is 5.00. The molecule has 1 amide bonds. The number of rotatable bonds is 5. The summed E-state index contributed by atoms with van der Waals surface area (Å²) >= 11 is 1.54. The summed E-state index contributed by atoms with van der Waals surface area (Å²) in [5, 5.41) is 12.0. The average Bonchev–Trinajstić information content (AvgIpc) is 2.90. The molecule has 0 aliphatic carbocycles. The van der Waals surface area contributed by atoms with Gasteiger partial charge in [0, 0.05) is 18.4 Å². The Morgan fingerprint density at radius 3 is 2.60 bits per heavy atom. The number of aliphatic carboxylic acids is 1. The van der Waals surface area contributed by atoms with Crippen molar-refractivity contribution in [2.45, 2.75) is 18.6 Å². The van der Waals surface area contributed by atoms with Crippen LogP contribution in [-0.4, -0.2) is 41.1 Å². The Hall–Kier alpha value is -1.53. The van der Waals surface area contributed by atoms with Crippen LogP contribution in [0.5, 0.6) is 0 Å². The third-order valence-electron chi connectivity index (χ3n) is 3.31. The summed E-state index contributed by atoms with van der Waals surface area (Å²) in [6.07, 6.45) is 0.459. The van der Waals surface area contributed by atoms with Gasteiger partial charge in [-0.15, -0.1) is 0 Å². The number of ether oxygens (including phenoxy) is 1. The van der Waals surface area contributed by atoms with Gasteiger partial charge in [-0.3, -0.25) is 4.79 Å². The zero-order valence-electron chi connectivity index (χ0n) is 11.2. The molecule has 6 heteroatoms. The van der Waals surface area contributed by atoms with Gasteiger partial charge < -0.3 is 15.2 Å². The second kappa shape index (κ2) is 6.28. The lowest BCUT2D eigenvalue weighted by Gasteiger charge is -2.24. The van der Waals surface area contributed by atoms with E-state index in [1.54, 1.807) is 43.1 Å². The van der Waals surface area contributed by atoms with Crippen molar-refractivity contribution in [3.8, 4) is 0 Å². The van der Waals surface area contributed by atoms with Crippen LogP contribution in [0.4, 0.5) is 0 Å². The third kappa shape index (κ3) is 3.13. The lowest BCUT2D eigenvalue weighted by molar-refractivity contribution is -0.143. The summed E-state index contributed by atoms with van der Waals surface area (Å²) in [6.45, 7) is 0.484. The van der Waals surface area contributed by atoms with E-state index in [0.29, 0.717) is 24.3 Å². The Kier molecular flexibility index (Phi) is 4.67. The van der Waals surface area contributed by atoms with Crippen LogP contribution in [0.2, 0.25) is 0 Å². The minimum absolute atomic E-state index is 0.348. The highest BCUT2D eigenvalue weighted by Gasteiger charge is 2.43. The highest BCUT2D eigenvalue weighted by molar-refractivity contribution is 7.99. The van der Waals surface area contributed by atoms with Crippen LogP contribution in [0.25, 0.3) is 0 Å². The van der Waals surface area contributed by atoms with Crippen molar-refractivity contribution in [2.24, 2.45) is 0 Å². The lowest BCUT2D eigenvalue weighted by Crippen LogP contribution is -2.54. The van der Waals surface area contributed by atoms with Gasteiger partial charge in [0.1, 0.15) is 5.54 Å². The second-order valence-electron chi connectivity index (χ2n) is 4.77. The van der Waals surface area contributed by atoms with E-state index in [0.717, 1.165) is 11.3 Å². The molecule has 5 nitrogen and oxygen atoms in total. The molecule has 1 aliphatic heterocycles. The number of hydrogen-bond acceptors (Lipinski definition) is 4. The van der Waals surface area contributed by atoms with Crippen molar-refractivity contribution in [1.82, 2.24) is 5.32 Å². The van der Waals surface area contributed by atoms with E-state index in [4.69, 9.17) is 4.74 Å². The smallest absolute Gasteiger partial charge is 0.330 e. The van der Waals surface area contributed by atoms with Crippen molar-refractivity contribution in [1.29, 1.82) is 0 Å². The molecule has 0 saturated carbocycles. The molecule has 0 spiro atoms. The van der Waals surface area contributed by atoms with Gasteiger partial charge >= 0.3 is 5.97 Å². The highest BCUT2D eigenvalue weighted by atomic mass is 32.2. The summed E-state index contributed by atoms with van der Waals surface area (Å²) in [5.74, 6) is -0.152. The molecule has 108 valence electrons. The molecule has 1 fully saturated rings. The Labute approximate surface area is 121 Å². The van der Waals surface area contributed by atoms with Gasteiger partial charge in [0.05, 0.1) is 6.61 Å².